The molecular formula is C27H35N5O6. The van der Waals surface area contributed by atoms with Crippen LogP contribution < -0.4 is 15.4 Å². The topological polar surface area (TPSA) is 132 Å². The molecule has 204 valence electrons. The fraction of sp³-hybridized carbons (Fsp3) is 0.519. The highest BCUT2D eigenvalue weighted by atomic mass is 16.6. The molecular weight excluding hydrogens is 490 g/mol. The molecule has 1 aromatic heterocycles. The molecule has 2 fully saturated rings. The Hall–Kier alpha value is -3.89. The Morgan fingerprint density at radius 2 is 1.79 bits per heavy atom. The first-order valence-corrected chi connectivity index (χ1v) is 13.0. The van der Waals surface area contributed by atoms with E-state index >= 15 is 0 Å². The SMILES string of the molecule is CC(C)(C)OC(=O)CNC(=O)c1cc(OCC(=O)N2CCCC2C(=O)NC2CCC2)n(-c2ccccc2)n1. The summed E-state index contributed by atoms with van der Waals surface area (Å²) in [5.74, 6) is -1.40. The van der Waals surface area contributed by atoms with Crippen LogP contribution in [0.25, 0.3) is 5.69 Å². The summed E-state index contributed by atoms with van der Waals surface area (Å²) in [6.07, 6.45) is 4.44. The largest absolute Gasteiger partial charge is 0.467 e. The summed E-state index contributed by atoms with van der Waals surface area (Å²) in [6.45, 7) is 5.08. The van der Waals surface area contributed by atoms with Crippen LogP contribution >= 0.6 is 0 Å². The van der Waals surface area contributed by atoms with Crippen LogP contribution in [0.1, 0.15) is 63.4 Å². The minimum atomic E-state index is -0.670. The molecule has 0 spiro atoms. The molecule has 1 aliphatic carbocycles. The minimum Gasteiger partial charge on any atom is -0.467 e. The molecule has 1 aromatic carbocycles. The van der Waals surface area contributed by atoms with Crippen LogP contribution in [0, 0.1) is 0 Å². The number of para-hydroxylation sites is 1. The Labute approximate surface area is 221 Å². The Morgan fingerprint density at radius 3 is 2.45 bits per heavy atom. The lowest BCUT2D eigenvalue weighted by Gasteiger charge is -2.30. The maximum Gasteiger partial charge on any atom is 0.325 e. The maximum absolute atomic E-state index is 13.0. The van der Waals surface area contributed by atoms with Crippen molar-refractivity contribution in [3.05, 3.63) is 42.1 Å². The molecule has 4 rings (SSSR count). The highest BCUT2D eigenvalue weighted by Crippen LogP contribution is 2.23. The average molecular weight is 526 g/mol. The molecule has 2 aromatic rings. The number of esters is 1. The quantitative estimate of drug-likeness (QED) is 0.479. The smallest absolute Gasteiger partial charge is 0.325 e. The predicted octanol–water partition coefficient (Wildman–Crippen LogP) is 1.98. The number of carbonyl (C=O) groups is 4. The van der Waals surface area contributed by atoms with Crippen LogP contribution in [-0.4, -0.2) is 75.8 Å². The van der Waals surface area contributed by atoms with E-state index in [-0.39, 0.29) is 42.6 Å². The first-order valence-electron chi connectivity index (χ1n) is 13.0. The molecule has 2 N–H and O–H groups in total. The van der Waals surface area contributed by atoms with Gasteiger partial charge in [-0.2, -0.15) is 5.10 Å². The molecule has 0 radical (unpaired) electrons. The molecule has 38 heavy (non-hydrogen) atoms. The number of rotatable bonds is 9. The first-order chi connectivity index (χ1) is 18.1. The number of ether oxygens (including phenoxy) is 2. The second kappa shape index (κ2) is 11.7. The predicted molar refractivity (Wildman–Crippen MR) is 138 cm³/mol. The second-order valence-electron chi connectivity index (χ2n) is 10.6. The third-order valence-electron chi connectivity index (χ3n) is 6.39. The third-order valence-corrected chi connectivity index (χ3v) is 6.39. The number of carbonyl (C=O) groups excluding carboxylic acids is 4. The van der Waals surface area contributed by atoms with E-state index in [2.05, 4.69) is 15.7 Å². The summed E-state index contributed by atoms with van der Waals surface area (Å²) in [4.78, 5) is 52.0. The molecule has 1 saturated carbocycles. The van der Waals surface area contributed by atoms with Crippen LogP contribution in [0.4, 0.5) is 0 Å². The zero-order valence-corrected chi connectivity index (χ0v) is 22.1. The van der Waals surface area contributed by atoms with Gasteiger partial charge < -0.3 is 25.0 Å². The van der Waals surface area contributed by atoms with E-state index in [9.17, 15) is 19.2 Å². The van der Waals surface area contributed by atoms with Gasteiger partial charge in [-0.25, -0.2) is 4.68 Å². The van der Waals surface area contributed by atoms with Gasteiger partial charge in [-0.1, -0.05) is 18.2 Å². The van der Waals surface area contributed by atoms with Crippen molar-refractivity contribution in [2.45, 2.75) is 70.6 Å². The summed E-state index contributed by atoms with van der Waals surface area (Å²) in [6, 6.07) is 10.1. The molecule has 1 atom stereocenters. The fourth-order valence-corrected chi connectivity index (χ4v) is 4.36. The molecule has 2 heterocycles. The van der Waals surface area contributed by atoms with Gasteiger partial charge in [0, 0.05) is 18.7 Å². The highest BCUT2D eigenvalue weighted by Gasteiger charge is 2.36. The van der Waals surface area contributed by atoms with Crippen molar-refractivity contribution in [2.24, 2.45) is 0 Å². The van der Waals surface area contributed by atoms with E-state index in [1.807, 2.05) is 18.2 Å². The van der Waals surface area contributed by atoms with Crippen molar-refractivity contribution < 1.29 is 28.7 Å². The van der Waals surface area contributed by atoms with Gasteiger partial charge in [0.05, 0.1) is 5.69 Å². The van der Waals surface area contributed by atoms with Crippen molar-refractivity contribution in [1.29, 1.82) is 0 Å². The number of aromatic nitrogens is 2. The summed E-state index contributed by atoms with van der Waals surface area (Å²) in [5, 5.41) is 9.87. The second-order valence-corrected chi connectivity index (χ2v) is 10.6. The number of likely N-dealkylation sites (tertiary alicyclic amines) is 1. The standard InChI is InChI=1S/C27H35N5O6/c1-27(2,3)38-24(34)16-28-25(35)20-15-23(32(30-20)19-11-5-4-6-12-19)37-17-22(33)31-14-8-13-21(31)26(36)29-18-9-7-10-18/h4-6,11-12,15,18,21H,7-10,13-14,16-17H2,1-3H3,(H,28,35)(H,29,36). The third kappa shape index (κ3) is 6.90. The number of hydrogen-bond donors (Lipinski definition) is 2. The minimum absolute atomic E-state index is 0.0128. The molecule has 1 saturated heterocycles. The molecule has 11 nitrogen and oxygen atoms in total. The van der Waals surface area contributed by atoms with Gasteiger partial charge in [0.1, 0.15) is 18.2 Å². The monoisotopic (exact) mass is 525 g/mol. The maximum atomic E-state index is 13.0. The Kier molecular flexibility index (Phi) is 8.33. The summed E-state index contributed by atoms with van der Waals surface area (Å²) in [5.41, 5.74) is -0.0323. The van der Waals surface area contributed by atoms with Crippen molar-refractivity contribution in [3.63, 3.8) is 0 Å². The molecule has 1 aliphatic heterocycles. The van der Waals surface area contributed by atoms with Gasteiger partial charge in [-0.15, -0.1) is 0 Å². The lowest BCUT2D eigenvalue weighted by Crippen LogP contribution is -2.51. The fourth-order valence-electron chi connectivity index (χ4n) is 4.36. The van der Waals surface area contributed by atoms with Gasteiger partial charge in [0.2, 0.25) is 11.8 Å². The number of nitrogens with one attached hydrogen (secondary N) is 2. The molecule has 11 heteroatoms. The van der Waals surface area contributed by atoms with Crippen LogP contribution in [0.2, 0.25) is 0 Å². The van der Waals surface area contributed by atoms with Gasteiger partial charge in [0.15, 0.2) is 12.3 Å². The van der Waals surface area contributed by atoms with Gasteiger partial charge in [0.25, 0.3) is 11.8 Å². The highest BCUT2D eigenvalue weighted by molar-refractivity contribution is 5.94. The summed E-state index contributed by atoms with van der Waals surface area (Å²) < 4.78 is 12.5. The van der Waals surface area contributed by atoms with E-state index in [0.29, 0.717) is 18.7 Å². The summed E-state index contributed by atoms with van der Waals surface area (Å²) >= 11 is 0. The van der Waals surface area contributed by atoms with E-state index in [0.717, 1.165) is 25.7 Å². The molecule has 2 aliphatic rings. The van der Waals surface area contributed by atoms with Crippen LogP contribution in [0.15, 0.2) is 36.4 Å². The van der Waals surface area contributed by atoms with Crippen molar-refractivity contribution in [1.82, 2.24) is 25.3 Å². The molecule has 1 unspecified atom stereocenters. The summed E-state index contributed by atoms with van der Waals surface area (Å²) in [7, 11) is 0. The normalized spacial score (nSPS) is 17.4. The van der Waals surface area contributed by atoms with Crippen molar-refractivity contribution in [2.75, 3.05) is 19.7 Å². The Bertz CT molecular complexity index is 1170. The number of amides is 3. The number of nitrogens with zero attached hydrogens (tertiary/aromatic N) is 3. The zero-order chi connectivity index (χ0) is 27.3. The van der Waals surface area contributed by atoms with Crippen LogP contribution in [0.3, 0.4) is 0 Å². The Balaban J connectivity index is 1.42. The van der Waals surface area contributed by atoms with Crippen molar-refractivity contribution in [3.8, 4) is 11.6 Å². The van der Waals surface area contributed by atoms with E-state index < -0.39 is 23.5 Å². The number of benzene rings is 1. The zero-order valence-electron chi connectivity index (χ0n) is 22.1. The van der Waals surface area contributed by atoms with Gasteiger partial charge >= 0.3 is 5.97 Å². The lowest BCUT2D eigenvalue weighted by atomic mass is 9.93. The molecule has 3 amide bonds. The van der Waals surface area contributed by atoms with Crippen LogP contribution in [0.5, 0.6) is 5.88 Å². The lowest BCUT2D eigenvalue weighted by molar-refractivity contribution is -0.153. The van der Waals surface area contributed by atoms with E-state index in [4.69, 9.17) is 9.47 Å². The first kappa shape index (κ1) is 27.2. The van der Waals surface area contributed by atoms with Crippen molar-refractivity contribution >= 4 is 23.7 Å². The Morgan fingerprint density at radius 1 is 1.05 bits per heavy atom. The van der Waals surface area contributed by atoms with Gasteiger partial charge in [-0.3, -0.25) is 19.2 Å². The van der Waals surface area contributed by atoms with E-state index in [1.165, 1.54) is 10.7 Å². The van der Waals surface area contributed by atoms with Gasteiger partial charge in [-0.05, 0) is 65.0 Å². The molecule has 0 bridgehead atoms. The van der Waals surface area contributed by atoms with E-state index in [1.54, 1.807) is 37.8 Å². The van der Waals surface area contributed by atoms with Crippen LogP contribution in [-0.2, 0) is 19.1 Å². The number of hydrogen-bond acceptors (Lipinski definition) is 7. The average Bonchev–Trinajstić information content (AvgIpc) is 3.50.